The van der Waals surface area contributed by atoms with Crippen LogP contribution in [0.1, 0.15) is 26.7 Å². The number of ether oxygens (including phenoxy) is 3. The molecule has 0 aromatic heterocycles. The molecule has 1 aliphatic carbocycles. The number of piperazine rings is 1. The maximum Gasteiger partial charge on any atom is 0.303 e. The molecule has 35 heavy (non-hydrogen) atoms. The van der Waals surface area contributed by atoms with Crippen LogP contribution in [0.15, 0.2) is 48.0 Å². The summed E-state index contributed by atoms with van der Waals surface area (Å²) in [5.74, 6) is -1.43. The minimum atomic E-state index is -1.25. The molecule has 0 spiro atoms. The lowest BCUT2D eigenvalue weighted by Crippen LogP contribution is -2.74. The van der Waals surface area contributed by atoms with E-state index in [2.05, 4.69) is 0 Å². The third-order valence-electron chi connectivity index (χ3n) is 7.17. The summed E-state index contributed by atoms with van der Waals surface area (Å²) in [5.41, 5.74) is 1.56. The van der Waals surface area contributed by atoms with E-state index in [1.807, 2.05) is 12.3 Å². The predicted molar refractivity (Wildman–Crippen MR) is 130 cm³/mol. The summed E-state index contributed by atoms with van der Waals surface area (Å²) in [6, 6.07) is -1.24. The second-order valence-electron chi connectivity index (χ2n) is 9.00. The van der Waals surface area contributed by atoms with E-state index in [0.717, 1.165) is 5.57 Å². The molecular weight excluding hydrogens is 492 g/mol. The van der Waals surface area contributed by atoms with Gasteiger partial charge in [-0.2, -0.15) is 0 Å². The first-order valence-electron chi connectivity index (χ1n) is 11.2. The number of carbonyl (C=O) groups excluding carboxylic acids is 4. The first-order valence-corrected chi connectivity index (χ1v) is 13.7. The molecule has 3 fully saturated rings. The van der Waals surface area contributed by atoms with Gasteiger partial charge in [0.15, 0.2) is 9.74 Å². The highest BCUT2D eigenvalue weighted by atomic mass is 32.2. The van der Waals surface area contributed by atoms with Crippen LogP contribution in [-0.2, 0) is 33.4 Å². The van der Waals surface area contributed by atoms with Crippen molar-refractivity contribution < 1.29 is 33.4 Å². The van der Waals surface area contributed by atoms with E-state index in [-0.39, 0.29) is 18.2 Å². The van der Waals surface area contributed by atoms with Gasteiger partial charge in [-0.3, -0.25) is 19.2 Å². The van der Waals surface area contributed by atoms with Crippen molar-refractivity contribution in [3.63, 3.8) is 0 Å². The van der Waals surface area contributed by atoms with Crippen molar-refractivity contribution >= 4 is 47.3 Å². The highest BCUT2D eigenvalue weighted by Crippen LogP contribution is 2.59. The smallest absolute Gasteiger partial charge is 0.303 e. The van der Waals surface area contributed by atoms with E-state index < -0.39 is 46.0 Å². The Bertz CT molecular complexity index is 1130. The number of carbonyl (C=O) groups is 4. The number of thioether (sulfide) groups is 2. The zero-order valence-electron chi connectivity index (χ0n) is 19.8. The molecule has 4 heterocycles. The average molecular weight is 519 g/mol. The summed E-state index contributed by atoms with van der Waals surface area (Å²) in [7, 11) is 0. The molecule has 0 bridgehead atoms. The summed E-state index contributed by atoms with van der Waals surface area (Å²) >= 11 is 2.58. The molecule has 0 aromatic carbocycles. The maximum absolute atomic E-state index is 14.5. The van der Waals surface area contributed by atoms with Gasteiger partial charge in [0, 0.05) is 26.7 Å². The van der Waals surface area contributed by atoms with Crippen molar-refractivity contribution in [2.24, 2.45) is 0 Å². The highest BCUT2D eigenvalue weighted by Gasteiger charge is 2.73. The maximum atomic E-state index is 14.5. The quantitative estimate of drug-likeness (QED) is 0.518. The van der Waals surface area contributed by atoms with Crippen LogP contribution in [0, 0.1) is 0 Å². The largest absolute Gasteiger partial charge is 0.473 e. The van der Waals surface area contributed by atoms with Gasteiger partial charge < -0.3 is 24.0 Å². The lowest BCUT2D eigenvalue weighted by atomic mass is 9.96. The molecule has 2 amide bonds. The third-order valence-corrected chi connectivity index (χ3v) is 9.55. The zero-order valence-corrected chi connectivity index (χ0v) is 21.4. The standard InChI is InChI=1S/C24H26N2O7S2/c1-13(27)32-17-7-5-6-15-10-23(34-3)21(29)26-20-16(12-31-9-8-18(20)33-14(2)28)11-24(26,35-4)22(30)25(23)19(15)17/h5-9,12,17-20H,10-11H2,1-4H3. The van der Waals surface area contributed by atoms with Gasteiger partial charge >= 0.3 is 11.9 Å². The molecule has 0 aromatic rings. The topological polar surface area (TPSA) is 102 Å². The van der Waals surface area contributed by atoms with Gasteiger partial charge in [-0.1, -0.05) is 12.2 Å². The molecule has 0 saturated carbocycles. The Morgan fingerprint density at radius 3 is 1.97 bits per heavy atom. The van der Waals surface area contributed by atoms with Gasteiger partial charge in [0.25, 0.3) is 11.8 Å². The fraction of sp³-hybridized carbons (Fsp3) is 0.500. The van der Waals surface area contributed by atoms with E-state index >= 15 is 0 Å². The Morgan fingerprint density at radius 2 is 1.43 bits per heavy atom. The minimum Gasteiger partial charge on any atom is -0.473 e. The molecule has 0 N–H and O–H groups in total. The number of nitrogens with zero attached hydrogens (tertiary/aromatic N) is 2. The summed E-state index contributed by atoms with van der Waals surface area (Å²) in [5, 5.41) is 0. The van der Waals surface area contributed by atoms with E-state index in [9.17, 15) is 19.2 Å². The summed E-state index contributed by atoms with van der Waals surface area (Å²) < 4.78 is 16.6. The van der Waals surface area contributed by atoms with E-state index in [0.29, 0.717) is 12.0 Å². The minimum absolute atomic E-state index is 0.226. The molecule has 5 rings (SSSR count). The summed E-state index contributed by atoms with van der Waals surface area (Å²) in [6.07, 6.45) is 12.7. The lowest BCUT2D eigenvalue weighted by Gasteiger charge is -2.54. The SMILES string of the molecule is CSC12CC3=CC=CC(OC(C)=O)C3N1C(=O)C1(SC)CC3=COC=CC(OC(C)=O)C3N1C2=O. The molecular formula is C24H26N2O7S2. The Balaban J connectivity index is 1.65. The van der Waals surface area contributed by atoms with Crippen molar-refractivity contribution in [2.45, 2.75) is 60.7 Å². The average Bonchev–Trinajstić information content (AvgIpc) is 3.28. The molecule has 186 valence electrons. The molecule has 11 heteroatoms. The predicted octanol–water partition coefficient (Wildman–Crippen LogP) is 2.11. The monoisotopic (exact) mass is 518 g/mol. The summed E-state index contributed by atoms with van der Waals surface area (Å²) in [6.45, 7) is 2.64. The Hall–Kier alpha value is -2.66. The highest BCUT2D eigenvalue weighted by molar-refractivity contribution is 8.01. The van der Waals surface area contributed by atoms with Crippen LogP contribution in [0.2, 0.25) is 0 Å². The van der Waals surface area contributed by atoms with Crippen molar-refractivity contribution in [1.82, 2.24) is 9.80 Å². The fourth-order valence-electron chi connectivity index (χ4n) is 5.87. The Kier molecular flexibility index (Phi) is 5.83. The number of allylic oxidation sites excluding steroid dienone is 2. The fourth-order valence-corrected chi connectivity index (χ4v) is 7.82. The Morgan fingerprint density at radius 1 is 0.914 bits per heavy atom. The summed E-state index contributed by atoms with van der Waals surface area (Å²) in [4.78, 5) is 53.6. The molecule has 5 aliphatic rings. The van der Waals surface area contributed by atoms with E-state index in [1.54, 1.807) is 34.3 Å². The molecule has 6 unspecified atom stereocenters. The molecule has 3 saturated heterocycles. The van der Waals surface area contributed by atoms with Crippen molar-refractivity contribution in [3.05, 3.63) is 48.0 Å². The third kappa shape index (κ3) is 3.31. The molecule has 9 nitrogen and oxygen atoms in total. The molecule has 4 aliphatic heterocycles. The van der Waals surface area contributed by atoms with Crippen LogP contribution in [0.25, 0.3) is 0 Å². The van der Waals surface area contributed by atoms with Gasteiger partial charge in [-0.15, -0.1) is 23.5 Å². The van der Waals surface area contributed by atoms with Gasteiger partial charge in [0.1, 0.15) is 12.2 Å². The first-order chi connectivity index (χ1) is 16.7. The van der Waals surface area contributed by atoms with E-state index in [1.165, 1.54) is 49.9 Å². The van der Waals surface area contributed by atoms with Crippen LogP contribution in [0.4, 0.5) is 0 Å². The van der Waals surface area contributed by atoms with Crippen molar-refractivity contribution in [3.8, 4) is 0 Å². The number of amides is 2. The van der Waals surface area contributed by atoms with Crippen molar-refractivity contribution in [2.75, 3.05) is 12.5 Å². The second kappa shape index (κ2) is 8.48. The normalized spacial score (nSPS) is 36.8. The lowest BCUT2D eigenvalue weighted by molar-refractivity contribution is -0.171. The zero-order chi connectivity index (χ0) is 25.1. The number of rotatable bonds is 4. The van der Waals surface area contributed by atoms with Gasteiger partial charge in [-0.25, -0.2) is 0 Å². The van der Waals surface area contributed by atoms with Crippen LogP contribution in [-0.4, -0.2) is 80.1 Å². The molecule has 0 radical (unpaired) electrons. The molecule has 6 atom stereocenters. The second-order valence-corrected chi connectivity index (χ2v) is 11.2. The first kappa shape index (κ1) is 24.1. The number of fused-ring (bicyclic) bond motifs is 6. The van der Waals surface area contributed by atoms with Gasteiger partial charge in [-0.05, 0) is 35.8 Å². The van der Waals surface area contributed by atoms with Crippen molar-refractivity contribution in [1.29, 1.82) is 0 Å². The van der Waals surface area contributed by atoms with Gasteiger partial charge in [0.05, 0.1) is 24.6 Å². The van der Waals surface area contributed by atoms with Crippen LogP contribution >= 0.6 is 23.5 Å². The van der Waals surface area contributed by atoms with Gasteiger partial charge in [0.2, 0.25) is 0 Å². The van der Waals surface area contributed by atoms with E-state index in [4.69, 9.17) is 14.2 Å². The van der Waals surface area contributed by atoms with Crippen LogP contribution in [0.3, 0.4) is 0 Å². The van der Waals surface area contributed by atoms with Crippen LogP contribution in [0.5, 0.6) is 0 Å². The number of hydrogen-bond donors (Lipinski definition) is 0. The number of esters is 2. The Labute approximate surface area is 211 Å². The van der Waals surface area contributed by atoms with Crippen LogP contribution < -0.4 is 0 Å². The number of hydrogen-bond acceptors (Lipinski definition) is 9.